The predicted molar refractivity (Wildman–Crippen MR) is 124 cm³/mol. The van der Waals surface area contributed by atoms with Gasteiger partial charge in [0.2, 0.25) is 0 Å². The highest BCUT2D eigenvalue weighted by Gasteiger charge is 2.31. The highest BCUT2D eigenvalue weighted by Crippen LogP contribution is 2.31. The van der Waals surface area contributed by atoms with E-state index >= 15 is 0 Å². The summed E-state index contributed by atoms with van der Waals surface area (Å²) >= 11 is 0. The van der Waals surface area contributed by atoms with Gasteiger partial charge in [-0.25, -0.2) is 0 Å². The molecule has 0 bridgehead atoms. The molecule has 0 saturated heterocycles. The quantitative estimate of drug-likeness (QED) is 0.278. The Bertz CT molecular complexity index is 1090. The third kappa shape index (κ3) is 5.24. The second-order valence-corrected chi connectivity index (χ2v) is 7.30. The smallest absolute Gasteiger partial charge is 0.317 e. The van der Waals surface area contributed by atoms with Gasteiger partial charge in [-0.05, 0) is 60.5 Å². The van der Waals surface area contributed by atoms with Gasteiger partial charge in [0.05, 0.1) is 21.3 Å². The summed E-state index contributed by atoms with van der Waals surface area (Å²) in [6.45, 7) is 1.97. The van der Waals surface area contributed by atoms with Gasteiger partial charge in [-0.1, -0.05) is 42.0 Å². The van der Waals surface area contributed by atoms with E-state index in [9.17, 15) is 9.59 Å². The van der Waals surface area contributed by atoms with Crippen molar-refractivity contribution in [1.29, 1.82) is 0 Å². The molecular formula is C27H26O5. The Hall–Kier alpha value is -3.86. The van der Waals surface area contributed by atoms with Crippen molar-refractivity contribution >= 4 is 17.8 Å². The van der Waals surface area contributed by atoms with Crippen LogP contribution in [0.4, 0.5) is 0 Å². The van der Waals surface area contributed by atoms with Crippen LogP contribution in [0.25, 0.3) is 6.08 Å². The zero-order chi connectivity index (χ0) is 23.1. The fraction of sp³-hybridized carbons (Fsp3) is 0.185. The lowest BCUT2D eigenvalue weighted by Gasteiger charge is -2.19. The van der Waals surface area contributed by atoms with E-state index in [0.29, 0.717) is 28.2 Å². The molecule has 0 saturated carbocycles. The van der Waals surface area contributed by atoms with Gasteiger partial charge in [-0.15, -0.1) is 0 Å². The highest BCUT2D eigenvalue weighted by molar-refractivity contribution is 6.15. The molecule has 0 heterocycles. The summed E-state index contributed by atoms with van der Waals surface area (Å²) in [6, 6.07) is 21.6. The van der Waals surface area contributed by atoms with Crippen molar-refractivity contribution in [2.45, 2.75) is 12.8 Å². The Labute approximate surface area is 188 Å². The minimum atomic E-state index is -0.877. The van der Waals surface area contributed by atoms with Gasteiger partial charge in [0.1, 0.15) is 17.4 Å². The van der Waals surface area contributed by atoms with Gasteiger partial charge in [0, 0.05) is 11.1 Å². The maximum atomic E-state index is 13.6. The number of ketones is 1. The van der Waals surface area contributed by atoms with E-state index in [-0.39, 0.29) is 5.78 Å². The summed E-state index contributed by atoms with van der Waals surface area (Å²) in [6.07, 6.45) is 1.73. The molecule has 0 fully saturated rings. The van der Waals surface area contributed by atoms with Crippen LogP contribution in [0.5, 0.6) is 11.5 Å². The molecule has 0 aliphatic rings. The van der Waals surface area contributed by atoms with Gasteiger partial charge >= 0.3 is 5.97 Å². The number of methoxy groups -OCH3 is 3. The van der Waals surface area contributed by atoms with E-state index < -0.39 is 11.9 Å². The first-order chi connectivity index (χ1) is 15.5. The molecule has 0 aromatic heterocycles. The Balaban J connectivity index is 2.15. The van der Waals surface area contributed by atoms with Crippen LogP contribution in [0, 0.1) is 6.92 Å². The van der Waals surface area contributed by atoms with E-state index in [2.05, 4.69) is 0 Å². The lowest BCUT2D eigenvalue weighted by molar-refractivity contribution is -0.141. The summed E-state index contributed by atoms with van der Waals surface area (Å²) in [5, 5.41) is 0. The number of carbonyl (C=O) groups is 2. The summed E-state index contributed by atoms with van der Waals surface area (Å²) in [5.41, 5.74) is 3.27. The molecule has 5 heteroatoms. The maximum absolute atomic E-state index is 13.6. The molecule has 0 N–H and O–H groups in total. The SMILES string of the molecule is COC(=O)C(/C(=C\c1ccc(OC)cc1)C(=O)c1ccc(OC)cc1)c1ccc(C)cc1. The number of aryl methyl sites for hydroxylation is 1. The van der Waals surface area contributed by atoms with Crippen LogP contribution < -0.4 is 9.47 Å². The Morgan fingerprint density at radius 2 is 1.28 bits per heavy atom. The molecule has 0 amide bonds. The first-order valence-corrected chi connectivity index (χ1v) is 10.2. The average molecular weight is 431 g/mol. The lowest BCUT2D eigenvalue weighted by atomic mass is 9.85. The summed E-state index contributed by atoms with van der Waals surface area (Å²) in [7, 11) is 4.48. The van der Waals surface area contributed by atoms with Gasteiger partial charge in [-0.2, -0.15) is 0 Å². The molecule has 32 heavy (non-hydrogen) atoms. The number of benzene rings is 3. The largest absolute Gasteiger partial charge is 0.497 e. The fourth-order valence-electron chi connectivity index (χ4n) is 3.39. The van der Waals surface area contributed by atoms with Crippen LogP contribution >= 0.6 is 0 Å². The third-order valence-electron chi connectivity index (χ3n) is 5.21. The number of carbonyl (C=O) groups excluding carboxylic acids is 2. The number of rotatable bonds is 8. The summed E-state index contributed by atoms with van der Waals surface area (Å²) < 4.78 is 15.5. The number of hydrogen-bond acceptors (Lipinski definition) is 5. The van der Waals surface area contributed by atoms with Crippen LogP contribution in [0.3, 0.4) is 0 Å². The monoisotopic (exact) mass is 430 g/mol. The van der Waals surface area contributed by atoms with E-state index in [1.165, 1.54) is 7.11 Å². The molecule has 0 aliphatic heterocycles. The fourth-order valence-corrected chi connectivity index (χ4v) is 3.39. The van der Waals surface area contributed by atoms with Crippen molar-refractivity contribution in [1.82, 2.24) is 0 Å². The zero-order valence-corrected chi connectivity index (χ0v) is 18.6. The van der Waals surface area contributed by atoms with Crippen molar-refractivity contribution in [3.63, 3.8) is 0 Å². The van der Waals surface area contributed by atoms with Crippen molar-refractivity contribution in [3.8, 4) is 11.5 Å². The Kier molecular flexibility index (Phi) is 7.45. The van der Waals surface area contributed by atoms with E-state index in [0.717, 1.165) is 11.1 Å². The number of esters is 1. The molecule has 1 unspecified atom stereocenters. The zero-order valence-electron chi connectivity index (χ0n) is 18.6. The van der Waals surface area contributed by atoms with E-state index in [1.807, 2.05) is 43.3 Å². The van der Waals surface area contributed by atoms with Crippen LogP contribution in [0.1, 0.15) is 33.0 Å². The molecule has 3 aromatic rings. The predicted octanol–water partition coefficient (Wildman–Crippen LogP) is 5.24. The van der Waals surface area contributed by atoms with Crippen LogP contribution in [-0.2, 0) is 9.53 Å². The third-order valence-corrected chi connectivity index (χ3v) is 5.21. The second-order valence-electron chi connectivity index (χ2n) is 7.30. The molecule has 5 nitrogen and oxygen atoms in total. The molecule has 0 radical (unpaired) electrons. The maximum Gasteiger partial charge on any atom is 0.317 e. The minimum Gasteiger partial charge on any atom is -0.497 e. The van der Waals surface area contributed by atoms with E-state index in [1.54, 1.807) is 56.7 Å². The molecule has 1 atom stereocenters. The van der Waals surface area contributed by atoms with Crippen molar-refractivity contribution in [2.24, 2.45) is 0 Å². The lowest BCUT2D eigenvalue weighted by Crippen LogP contribution is -2.21. The van der Waals surface area contributed by atoms with Gasteiger partial charge in [-0.3, -0.25) is 9.59 Å². The Morgan fingerprint density at radius 3 is 1.78 bits per heavy atom. The molecular weight excluding hydrogens is 404 g/mol. The second kappa shape index (κ2) is 10.4. The van der Waals surface area contributed by atoms with Gasteiger partial charge in [0.15, 0.2) is 5.78 Å². The highest BCUT2D eigenvalue weighted by atomic mass is 16.5. The molecule has 3 aromatic carbocycles. The van der Waals surface area contributed by atoms with Crippen molar-refractivity contribution < 1.29 is 23.8 Å². The normalized spacial score (nSPS) is 12.1. The van der Waals surface area contributed by atoms with Crippen LogP contribution in [0.2, 0.25) is 0 Å². The van der Waals surface area contributed by atoms with Gasteiger partial charge < -0.3 is 14.2 Å². The molecule has 164 valence electrons. The number of ether oxygens (including phenoxy) is 3. The van der Waals surface area contributed by atoms with Crippen molar-refractivity contribution in [3.05, 3.63) is 101 Å². The van der Waals surface area contributed by atoms with Gasteiger partial charge in [0.25, 0.3) is 0 Å². The van der Waals surface area contributed by atoms with Crippen LogP contribution in [-0.4, -0.2) is 33.1 Å². The average Bonchev–Trinajstić information content (AvgIpc) is 2.84. The standard InChI is InChI=1S/C27H26O5/c1-18-5-9-20(10-6-18)25(27(29)32-4)24(17-19-7-13-22(30-2)14-8-19)26(28)21-11-15-23(31-3)16-12-21/h5-17,25H,1-4H3/b24-17+. The van der Waals surface area contributed by atoms with Crippen LogP contribution in [0.15, 0.2) is 78.4 Å². The Morgan fingerprint density at radius 1 is 0.750 bits per heavy atom. The first-order valence-electron chi connectivity index (χ1n) is 10.2. The van der Waals surface area contributed by atoms with Crippen molar-refractivity contribution in [2.75, 3.05) is 21.3 Å². The first kappa shape index (κ1) is 22.8. The topological polar surface area (TPSA) is 61.8 Å². The minimum absolute atomic E-state index is 0.264. The molecule has 3 rings (SSSR count). The molecule has 0 spiro atoms. The molecule has 0 aliphatic carbocycles. The number of Topliss-reactive ketones (excluding diaryl/α,β-unsaturated/α-hetero) is 1. The summed E-state index contributed by atoms with van der Waals surface area (Å²) in [5.74, 6) is -0.300. The number of hydrogen-bond donors (Lipinski definition) is 0. The summed E-state index contributed by atoms with van der Waals surface area (Å²) in [4.78, 5) is 26.5. The van der Waals surface area contributed by atoms with E-state index in [4.69, 9.17) is 14.2 Å².